The lowest BCUT2D eigenvalue weighted by atomic mass is 9.86. The van der Waals surface area contributed by atoms with Crippen LogP contribution in [0.5, 0.6) is 5.75 Å². The normalized spacial score (nSPS) is 23.8. The Hall–Kier alpha value is -2.34. The highest BCUT2D eigenvalue weighted by atomic mass is 32.2. The Morgan fingerprint density at radius 3 is 2.27 bits per heavy atom. The van der Waals surface area contributed by atoms with Gasteiger partial charge < -0.3 is 9.64 Å². The SMILES string of the molecule is CCOc1ccc(C2CC2C(=O)N(Cc2ccc(C(C)(C)C)cc2)C2CCS(=O)(=O)C2)cc1. The maximum absolute atomic E-state index is 13.6. The van der Waals surface area contributed by atoms with Crippen LogP contribution in [0.3, 0.4) is 0 Å². The molecule has 0 radical (unpaired) electrons. The van der Waals surface area contributed by atoms with E-state index < -0.39 is 9.84 Å². The fourth-order valence-electron chi connectivity index (χ4n) is 4.74. The molecule has 0 spiro atoms. The lowest BCUT2D eigenvalue weighted by molar-refractivity contribution is -0.135. The molecule has 2 aliphatic rings. The van der Waals surface area contributed by atoms with Crippen molar-refractivity contribution in [2.45, 2.75) is 64.5 Å². The summed E-state index contributed by atoms with van der Waals surface area (Å²) in [5, 5.41) is 0. The number of nitrogens with zero attached hydrogens (tertiary/aromatic N) is 1. The number of carbonyl (C=O) groups excluding carboxylic acids is 1. The van der Waals surface area contributed by atoms with Crippen LogP contribution in [0, 0.1) is 5.92 Å². The van der Waals surface area contributed by atoms with Gasteiger partial charge in [-0.3, -0.25) is 4.79 Å². The van der Waals surface area contributed by atoms with Gasteiger partial charge in [0.1, 0.15) is 5.75 Å². The molecule has 1 saturated carbocycles. The number of carbonyl (C=O) groups is 1. The fourth-order valence-corrected chi connectivity index (χ4v) is 6.47. The zero-order chi connectivity index (χ0) is 23.8. The maximum atomic E-state index is 13.6. The summed E-state index contributed by atoms with van der Waals surface area (Å²) in [6.07, 6.45) is 1.33. The third-order valence-electron chi connectivity index (χ3n) is 6.83. The van der Waals surface area contributed by atoms with Gasteiger partial charge in [-0.15, -0.1) is 0 Å². The second kappa shape index (κ2) is 9.13. The third-order valence-corrected chi connectivity index (χ3v) is 8.58. The molecule has 2 fully saturated rings. The van der Waals surface area contributed by atoms with Gasteiger partial charge >= 0.3 is 0 Å². The Morgan fingerprint density at radius 2 is 1.73 bits per heavy atom. The van der Waals surface area contributed by atoms with Crippen LogP contribution < -0.4 is 4.74 Å². The van der Waals surface area contributed by atoms with Crippen molar-refractivity contribution in [3.05, 3.63) is 65.2 Å². The molecule has 1 saturated heterocycles. The van der Waals surface area contributed by atoms with Gasteiger partial charge in [-0.1, -0.05) is 57.2 Å². The van der Waals surface area contributed by atoms with Gasteiger partial charge in [0, 0.05) is 18.5 Å². The molecule has 3 atom stereocenters. The zero-order valence-corrected chi connectivity index (χ0v) is 20.9. The zero-order valence-electron chi connectivity index (χ0n) is 20.1. The molecule has 3 unspecified atom stereocenters. The Labute approximate surface area is 198 Å². The maximum Gasteiger partial charge on any atom is 0.226 e. The molecule has 178 valence electrons. The molecule has 0 bridgehead atoms. The number of benzene rings is 2. The smallest absolute Gasteiger partial charge is 0.226 e. The van der Waals surface area contributed by atoms with E-state index in [4.69, 9.17) is 4.74 Å². The number of hydrogen-bond acceptors (Lipinski definition) is 4. The molecule has 1 heterocycles. The Bertz CT molecular complexity index is 1080. The van der Waals surface area contributed by atoms with Crippen LogP contribution in [0.25, 0.3) is 0 Å². The largest absolute Gasteiger partial charge is 0.494 e. The predicted octanol–water partition coefficient (Wildman–Crippen LogP) is 4.70. The molecule has 6 heteroatoms. The van der Waals surface area contributed by atoms with Crippen molar-refractivity contribution in [1.82, 2.24) is 4.90 Å². The summed E-state index contributed by atoms with van der Waals surface area (Å²) >= 11 is 0. The first kappa shape index (κ1) is 23.8. The molecular formula is C27H35NO4S. The van der Waals surface area contributed by atoms with Crippen LogP contribution in [-0.4, -0.2) is 43.4 Å². The van der Waals surface area contributed by atoms with E-state index in [2.05, 4.69) is 45.0 Å². The average molecular weight is 470 g/mol. The molecule has 1 amide bonds. The first-order valence-electron chi connectivity index (χ1n) is 11.9. The molecule has 1 aliphatic heterocycles. The molecule has 1 aliphatic carbocycles. The highest BCUT2D eigenvalue weighted by Gasteiger charge is 2.48. The highest BCUT2D eigenvalue weighted by molar-refractivity contribution is 7.91. The summed E-state index contributed by atoms with van der Waals surface area (Å²) in [5.41, 5.74) is 3.49. The molecule has 2 aromatic rings. The van der Waals surface area contributed by atoms with Crippen molar-refractivity contribution in [3.63, 3.8) is 0 Å². The van der Waals surface area contributed by atoms with Crippen LogP contribution in [-0.2, 0) is 26.6 Å². The molecule has 5 nitrogen and oxygen atoms in total. The Morgan fingerprint density at radius 1 is 1.06 bits per heavy atom. The molecule has 4 rings (SSSR count). The van der Waals surface area contributed by atoms with Crippen molar-refractivity contribution in [1.29, 1.82) is 0 Å². The van der Waals surface area contributed by atoms with Crippen LogP contribution in [0.4, 0.5) is 0 Å². The van der Waals surface area contributed by atoms with Crippen molar-refractivity contribution in [2.75, 3.05) is 18.1 Å². The average Bonchev–Trinajstić information content (AvgIpc) is 3.48. The Kier molecular flexibility index (Phi) is 6.59. The van der Waals surface area contributed by atoms with E-state index in [1.165, 1.54) is 5.56 Å². The predicted molar refractivity (Wildman–Crippen MR) is 131 cm³/mol. The summed E-state index contributed by atoms with van der Waals surface area (Å²) in [4.78, 5) is 15.4. The minimum atomic E-state index is -3.08. The molecule has 0 N–H and O–H groups in total. The van der Waals surface area contributed by atoms with E-state index in [-0.39, 0.29) is 40.7 Å². The standard InChI is InChI=1S/C27H35NO4S/c1-5-32-23-12-8-20(9-13-23)24-16-25(24)26(29)28(22-14-15-33(30,31)18-22)17-19-6-10-21(11-7-19)27(2,3)4/h6-13,22,24-25H,5,14-18H2,1-4H3. The number of amides is 1. The minimum Gasteiger partial charge on any atom is -0.494 e. The van der Waals surface area contributed by atoms with E-state index in [1.54, 1.807) is 0 Å². The van der Waals surface area contributed by atoms with Gasteiger partial charge in [0.05, 0.1) is 18.1 Å². The molecular weight excluding hydrogens is 434 g/mol. The topological polar surface area (TPSA) is 63.7 Å². The number of hydrogen-bond donors (Lipinski definition) is 0. The quantitative estimate of drug-likeness (QED) is 0.590. The van der Waals surface area contributed by atoms with Crippen LogP contribution in [0.2, 0.25) is 0 Å². The number of ether oxygens (including phenoxy) is 1. The van der Waals surface area contributed by atoms with Crippen molar-refractivity contribution < 1.29 is 17.9 Å². The summed E-state index contributed by atoms with van der Waals surface area (Å²) in [6, 6.07) is 16.1. The van der Waals surface area contributed by atoms with E-state index in [0.717, 1.165) is 23.3 Å². The van der Waals surface area contributed by atoms with Crippen LogP contribution in [0.15, 0.2) is 48.5 Å². The molecule has 2 aromatic carbocycles. The van der Waals surface area contributed by atoms with Gasteiger partial charge in [-0.2, -0.15) is 0 Å². The summed E-state index contributed by atoms with van der Waals surface area (Å²) in [6.45, 7) is 9.56. The monoisotopic (exact) mass is 469 g/mol. The van der Waals surface area contributed by atoms with Gasteiger partial charge in [-0.05, 0) is 59.9 Å². The third kappa shape index (κ3) is 5.60. The van der Waals surface area contributed by atoms with Crippen LogP contribution in [0.1, 0.15) is 63.1 Å². The highest BCUT2D eigenvalue weighted by Crippen LogP contribution is 2.49. The van der Waals surface area contributed by atoms with E-state index >= 15 is 0 Å². The summed E-state index contributed by atoms with van der Waals surface area (Å²) in [5.74, 6) is 1.26. The molecule has 0 aromatic heterocycles. The van der Waals surface area contributed by atoms with E-state index in [1.807, 2.05) is 36.1 Å². The van der Waals surface area contributed by atoms with Crippen molar-refractivity contribution >= 4 is 15.7 Å². The van der Waals surface area contributed by atoms with Gasteiger partial charge in [0.25, 0.3) is 0 Å². The van der Waals surface area contributed by atoms with Crippen LogP contribution >= 0.6 is 0 Å². The summed E-state index contributed by atoms with van der Waals surface area (Å²) in [7, 11) is -3.08. The van der Waals surface area contributed by atoms with E-state index in [9.17, 15) is 13.2 Å². The Balaban J connectivity index is 1.51. The van der Waals surface area contributed by atoms with Gasteiger partial charge in [0.2, 0.25) is 5.91 Å². The second-order valence-electron chi connectivity index (χ2n) is 10.4. The second-order valence-corrected chi connectivity index (χ2v) is 12.6. The van der Waals surface area contributed by atoms with Gasteiger partial charge in [-0.25, -0.2) is 8.42 Å². The minimum absolute atomic E-state index is 0.0620. The lowest BCUT2D eigenvalue weighted by Crippen LogP contribution is -2.41. The fraction of sp³-hybridized carbons (Fsp3) is 0.519. The first-order chi connectivity index (χ1) is 15.6. The number of rotatable bonds is 7. The van der Waals surface area contributed by atoms with Gasteiger partial charge in [0.15, 0.2) is 9.84 Å². The van der Waals surface area contributed by atoms with Crippen molar-refractivity contribution in [2.24, 2.45) is 5.92 Å². The number of sulfone groups is 1. The van der Waals surface area contributed by atoms with Crippen molar-refractivity contribution in [3.8, 4) is 5.75 Å². The van der Waals surface area contributed by atoms with E-state index in [0.29, 0.717) is 19.6 Å². The lowest BCUT2D eigenvalue weighted by Gasteiger charge is -2.29. The molecule has 33 heavy (non-hydrogen) atoms. The first-order valence-corrected chi connectivity index (χ1v) is 13.7. The summed E-state index contributed by atoms with van der Waals surface area (Å²) < 4.78 is 29.9.